The molecule has 1 aliphatic heterocycles. The monoisotopic (exact) mass is 395 g/mol. The molecular weight excluding hydrogens is 377 g/mol. The summed E-state index contributed by atoms with van der Waals surface area (Å²) in [5.41, 5.74) is 7.44. The molecule has 1 aromatic carbocycles. The van der Waals surface area contributed by atoms with Gasteiger partial charge in [0.25, 0.3) is 17.4 Å². The van der Waals surface area contributed by atoms with Crippen LogP contribution in [0.3, 0.4) is 0 Å². The van der Waals surface area contributed by atoms with Crippen molar-refractivity contribution in [3.05, 3.63) is 75.0 Å². The molecule has 4 rings (SSSR count). The lowest BCUT2D eigenvalue weighted by atomic mass is 10.0. The van der Waals surface area contributed by atoms with Gasteiger partial charge in [-0.2, -0.15) is 5.10 Å². The lowest BCUT2D eigenvalue weighted by Crippen LogP contribution is -2.33. The fourth-order valence-electron chi connectivity index (χ4n) is 3.53. The number of hydrogen-bond donors (Lipinski definition) is 2. The van der Waals surface area contributed by atoms with Crippen LogP contribution in [0.4, 0.5) is 4.39 Å². The number of alkyl halides is 1. The van der Waals surface area contributed by atoms with Crippen molar-refractivity contribution in [1.29, 1.82) is 0 Å². The lowest BCUT2D eigenvalue weighted by molar-refractivity contribution is 0.0938. The van der Waals surface area contributed by atoms with Gasteiger partial charge in [-0.1, -0.05) is 6.07 Å². The molecule has 1 aliphatic rings. The number of nitrogens with one attached hydrogen (secondary N) is 1. The number of pyridine rings is 1. The van der Waals surface area contributed by atoms with Gasteiger partial charge in [0.1, 0.15) is 12.4 Å². The normalized spacial score (nSPS) is 13.1. The molecule has 8 nitrogen and oxygen atoms in total. The molecule has 0 saturated heterocycles. The van der Waals surface area contributed by atoms with E-state index in [2.05, 4.69) is 10.4 Å². The van der Waals surface area contributed by atoms with E-state index >= 15 is 0 Å². The highest BCUT2D eigenvalue weighted by Gasteiger charge is 2.29. The molecule has 0 radical (unpaired) electrons. The number of hydrogen-bond acceptors (Lipinski definition) is 4. The van der Waals surface area contributed by atoms with Crippen LogP contribution in [0, 0.1) is 6.92 Å². The maximum atomic E-state index is 13.9. The smallest absolute Gasteiger partial charge is 0.270 e. The summed E-state index contributed by atoms with van der Waals surface area (Å²) in [6, 6.07) is 8.10. The van der Waals surface area contributed by atoms with E-state index in [1.807, 2.05) is 0 Å². The molecule has 0 spiro atoms. The fraction of sp³-hybridized carbons (Fsp3) is 0.200. The number of primary amides is 1. The molecule has 0 saturated carbocycles. The average molecular weight is 395 g/mol. The van der Waals surface area contributed by atoms with Gasteiger partial charge in [0.15, 0.2) is 5.69 Å². The first-order valence-electron chi connectivity index (χ1n) is 9.00. The number of carbonyl (C=O) groups excluding carboxylic acids is 2. The van der Waals surface area contributed by atoms with E-state index < -0.39 is 12.6 Å². The third-order valence-electron chi connectivity index (χ3n) is 4.94. The van der Waals surface area contributed by atoms with E-state index in [-0.39, 0.29) is 28.4 Å². The number of nitrogens with zero attached hydrogens (tertiary/aromatic N) is 3. The van der Waals surface area contributed by atoms with Crippen LogP contribution in [0.2, 0.25) is 0 Å². The van der Waals surface area contributed by atoms with Gasteiger partial charge in [0.05, 0.1) is 11.4 Å². The van der Waals surface area contributed by atoms with Crippen molar-refractivity contribution in [3.63, 3.8) is 0 Å². The van der Waals surface area contributed by atoms with Gasteiger partial charge in [-0.05, 0) is 37.6 Å². The SMILES string of the molecule is Cc1cccn(-c2ccc(-n3nc(C(N)=O)c4c3C(=O)NCC4)cc2CF)c1=O. The largest absolute Gasteiger partial charge is 0.364 e. The summed E-state index contributed by atoms with van der Waals surface area (Å²) in [4.78, 5) is 36.6. The predicted octanol–water partition coefficient (Wildman–Crippen LogP) is 1.19. The Bertz CT molecular complexity index is 1210. The summed E-state index contributed by atoms with van der Waals surface area (Å²) in [6.07, 6.45) is 1.99. The predicted molar refractivity (Wildman–Crippen MR) is 103 cm³/mol. The maximum absolute atomic E-state index is 13.9. The highest BCUT2D eigenvalue weighted by molar-refractivity contribution is 6.01. The lowest BCUT2D eigenvalue weighted by Gasteiger charge is -2.16. The van der Waals surface area contributed by atoms with Crippen LogP contribution < -0.4 is 16.6 Å². The molecular formula is C20H18FN5O3. The Kier molecular flexibility index (Phi) is 4.50. The van der Waals surface area contributed by atoms with E-state index in [1.165, 1.54) is 15.3 Å². The second-order valence-corrected chi connectivity index (χ2v) is 6.77. The van der Waals surface area contributed by atoms with Crippen LogP contribution in [0.15, 0.2) is 41.3 Å². The highest BCUT2D eigenvalue weighted by atomic mass is 19.1. The minimum absolute atomic E-state index is 0.0237. The second kappa shape index (κ2) is 7.01. The van der Waals surface area contributed by atoms with Gasteiger partial charge in [-0.25, -0.2) is 9.07 Å². The van der Waals surface area contributed by atoms with Gasteiger partial charge in [-0.3, -0.25) is 19.0 Å². The zero-order valence-electron chi connectivity index (χ0n) is 15.6. The number of aromatic nitrogens is 3. The molecule has 0 fully saturated rings. The number of carbonyl (C=O) groups is 2. The van der Waals surface area contributed by atoms with Crippen molar-refractivity contribution < 1.29 is 14.0 Å². The molecule has 0 unspecified atom stereocenters. The van der Waals surface area contributed by atoms with Crippen molar-refractivity contribution in [1.82, 2.24) is 19.7 Å². The van der Waals surface area contributed by atoms with Crippen LogP contribution in [0.5, 0.6) is 0 Å². The molecule has 0 aliphatic carbocycles. The summed E-state index contributed by atoms with van der Waals surface area (Å²) in [7, 11) is 0. The van der Waals surface area contributed by atoms with Gasteiger partial charge >= 0.3 is 0 Å². The number of amides is 2. The van der Waals surface area contributed by atoms with Gasteiger partial charge in [-0.15, -0.1) is 0 Å². The molecule has 3 aromatic rings. The molecule has 0 bridgehead atoms. The summed E-state index contributed by atoms with van der Waals surface area (Å²) in [6.45, 7) is 1.23. The van der Waals surface area contributed by atoms with Crippen LogP contribution in [-0.4, -0.2) is 32.7 Å². The third-order valence-corrected chi connectivity index (χ3v) is 4.94. The quantitative estimate of drug-likeness (QED) is 0.691. The number of halogens is 1. The Hall–Kier alpha value is -3.75. The van der Waals surface area contributed by atoms with Crippen LogP contribution in [-0.2, 0) is 13.1 Å². The maximum Gasteiger partial charge on any atom is 0.270 e. The minimum atomic E-state index is -0.831. The first-order valence-corrected chi connectivity index (χ1v) is 9.00. The van der Waals surface area contributed by atoms with Gasteiger partial charge < -0.3 is 11.1 Å². The zero-order valence-corrected chi connectivity index (χ0v) is 15.6. The Labute approximate surface area is 164 Å². The summed E-state index contributed by atoms with van der Waals surface area (Å²) in [5, 5.41) is 6.92. The van der Waals surface area contributed by atoms with Crippen molar-refractivity contribution >= 4 is 11.8 Å². The molecule has 3 N–H and O–H groups in total. The molecule has 0 atom stereocenters. The first kappa shape index (κ1) is 18.6. The summed E-state index contributed by atoms with van der Waals surface area (Å²) in [5.74, 6) is -1.12. The van der Waals surface area contributed by atoms with E-state index in [9.17, 15) is 18.8 Å². The van der Waals surface area contributed by atoms with Crippen LogP contribution in [0.1, 0.15) is 37.7 Å². The minimum Gasteiger partial charge on any atom is -0.364 e. The van der Waals surface area contributed by atoms with E-state index in [1.54, 1.807) is 37.4 Å². The average Bonchev–Trinajstić information content (AvgIpc) is 3.11. The van der Waals surface area contributed by atoms with Crippen molar-refractivity contribution in [2.24, 2.45) is 5.73 Å². The van der Waals surface area contributed by atoms with E-state index in [0.29, 0.717) is 35.5 Å². The summed E-state index contributed by atoms with van der Waals surface area (Å²) >= 11 is 0. The Morgan fingerprint density at radius 3 is 2.83 bits per heavy atom. The van der Waals surface area contributed by atoms with Crippen molar-refractivity contribution in [2.45, 2.75) is 20.0 Å². The summed E-state index contributed by atoms with van der Waals surface area (Å²) < 4.78 is 16.5. The second-order valence-electron chi connectivity index (χ2n) is 6.77. The fourth-order valence-corrected chi connectivity index (χ4v) is 3.53. The van der Waals surface area contributed by atoms with Crippen LogP contribution in [0.25, 0.3) is 11.4 Å². The third kappa shape index (κ3) is 3.00. The van der Waals surface area contributed by atoms with Crippen LogP contribution >= 0.6 is 0 Å². The number of nitrogens with two attached hydrogens (primary N) is 1. The number of aryl methyl sites for hydroxylation is 1. The Morgan fingerprint density at radius 2 is 2.10 bits per heavy atom. The van der Waals surface area contributed by atoms with Gasteiger partial charge in [0.2, 0.25) is 0 Å². The van der Waals surface area contributed by atoms with E-state index in [4.69, 9.17) is 5.73 Å². The number of fused-ring (bicyclic) bond motifs is 1. The number of benzene rings is 1. The standard InChI is InChI=1S/C20H18FN5O3/c1-11-3-2-8-25(20(11)29)15-5-4-13(9-12(15)10-21)26-17-14(6-7-23-19(17)28)16(24-26)18(22)27/h2-5,8-9H,6-7,10H2,1H3,(H2,22,27)(H,23,28). The topological polar surface area (TPSA) is 112 Å². The molecule has 29 heavy (non-hydrogen) atoms. The molecule has 148 valence electrons. The first-order chi connectivity index (χ1) is 13.9. The molecule has 2 amide bonds. The van der Waals surface area contributed by atoms with Gasteiger partial charge in [0, 0.05) is 29.4 Å². The Morgan fingerprint density at radius 1 is 1.31 bits per heavy atom. The molecule has 9 heteroatoms. The highest BCUT2D eigenvalue weighted by Crippen LogP contribution is 2.25. The number of rotatable bonds is 4. The van der Waals surface area contributed by atoms with Crippen molar-refractivity contribution in [2.75, 3.05) is 6.54 Å². The molecule has 3 heterocycles. The van der Waals surface area contributed by atoms with E-state index in [0.717, 1.165) is 0 Å². The van der Waals surface area contributed by atoms with Crippen molar-refractivity contribution in [3.8, 4) is 11.4 Å². The Balaban J connectivity index is 1.90. The molecule has 2 aromatic heterocycles. The zero-order chi connectivity index (χ0) is 20.7.